The van der Waals surface area contributed by atoms with Gasteiger partial charge < -0.3 is 15.7 Å². The molecule has 5 nitrogen and oxygen atoms in total. The van der Waals surface area contributed by atoms with Crippen molar-refractivity contribution < 1.29 is 14.7 Å². The summed E-state index contributed by atoms with van der Waals surface area (Å²) in [6.45, 7) is -0.115. The second-order valence-electron chi connectivity index (χ2n) is 4.75. The summed E-state index contributed by atoms with van der Waals surface area (Å²) in [6, 6.07) is 8.96. The number of hydrogen-bond acceptors (Lipinski definition) is 3. The first-order chi connectivity index (χ1) is 11.4. The molecule has 3 N–H and O–H groups in total. The van der Waals surface area contributed by atoms with Crippen molar-refractivity contribution in [2.24, 2.45) is 0 Å². The van der Waals surface area contributed by atoms with Crippen LogP contribution in [0.1, 0.15) is 20.7 Å². The molecule has 0 aromatic heterocycles. The maximum absolute atomic E-state index is 12.4. The quantitative estimate of drug-likeness (QED) is 0.733. The molecule has 0 spiro atoms. The van der Waals surface area contributed by atoms with E-state index in [1.54, 1.807) is 12.1 Å². The van der Waals surface area contributed by atoms with Crippen molar-refractivity contribution in [1.82, 2.24) is 5.32 Å². The summed E-state index contributed by atoms with van der Waals surface area (Å²) in [6.07, 6.45) is 0. The number of benzene rings is 2. The summed E-state index contributed by atoms with van der Waals surface area (Å²) in [4.78, 5) is 24.5. The zero-order chi connectivity index (χ0) is 17.7. The molecule has 2 aromatic carbocycles. The maximum atomic E-state index is 12.4. The summed E-state index contributed by atoms with van der Waals surface area (Å²) in [5, 5.41) is 14.9. The van der Waals surface area contributed by atoms with Crippen LogP contribution in [-0.2, 0) is 0 Å². The summed E-state index contributed by atoms with van der Waals surface area (Å²) < 4.78 is 0. The first-order valence-electron chi connectivity index (χ1n) is 6.87. The number of aliphatic hydroxyl groups excluding tert-OH is 1. The first kappa shape index (κ1) is 18.5. The Morgan fingerprint density at radius 3 is 2.25 bits per heavy atom. The van der Waals surface area contributed by atoms with Gasteiger partial charge in [-0.1, -0.05) is 34.8 Å². The molecule has 24 heavy (non-hydrogen) atoms. The van der Waals surface area contributed by atoms with Gasteiger partial charge in [0.15, 0.2) is 0 Å². The molecule has 0 radical (unpaired) electrons. The topological polar surface area (TPSA) is 78.4 Å². The molecule has 0 aliphatic heterocycles. The van der Waals surface area contributed by atoms with E-state index in [-0.39, 0.29) is 35.0 Å². The van der Waals surface area contributed by atoms with Gasteiger partial charge in [0.25, 0.3) is 11.8 Å². The fourth-order valence-electron chi connectivity index (χ4n) is 1.94. The molecule has 0 aliphatic rings. The van der Waals surface area contributed by atoms with Crippen LogP contribution in [0.25, 0.3) is 0 Å². The van der Waals surface area contributed by atoms with Crippen molar-refractivity contribution in [1.29, 1.82) is 0 Å². The zero-order valence-electron chi connectivity index (χ0n) is 12.3. The standard InChI is InChI=1S/C16H13Cl3N2O3/c17-9-2-4-14(12(7-9)15(23)20-5-6-22)21-16(24)11-3-1-10(18)8-13(11)19/h1-4,7-8,22H,5-6H2,(H,20,23)(H,21,24). The van der Waals surface area contributed by atoms with Crippen molar-refractivity contribution in [3.8, 4) is 0 Å². The monoisotopic (exact) mass is 386 g/mol. The number of aliphatic hydroxyl groups is 1. The maximum Gasteiger partial charge on any atom is 0.257 e. The van der Waals surface area contributed by atoms with Gasteiger partial charge in [0, 0.05) is 16.6 Å². The van der Waals surface area contributed by atoms with Gasteiger partial charge in [-0.05, 0) is 36.4 Å². The highest BCUT2D eigenvalue weighted by molar-refractivity contribution is 6.37. The Morgan fingerprint density at radius 2 is 1.58 bits per heavy atom. The first-order valence-corrected chi connectivity index (χ1v) is 8.00. The van der Waals surface area contributed by atoms with Crippen molar-refractivity contribution in [3.63, 3.8) is 0 Å². The van der Waals surface area contributed by atoms with Crippen molar-refractivity contribution >= 4 is 52.3 Å². The lowest BCUT2D eigenvalue weighted by atomic mass is 10.1. The number of hydrogen-bond donors (Lipinski definition) is 3. The number of carbonyl (C=O) groups excluding carboxylic acids is 2. The smallest absolute Gasteiger partial charge is 0.257 e. The second kappa shape index (κ2) is 8.35. The molecule has 0 saturated carbocycles. The van der Waals surface area contributed by atoms with E-state index in [4.69, 9.17) is 39.9 Å². The molecule has 0 unspecified atom stereocenters. The minimum Gasteiger partial charge on any atom is -0.395 e. The molecule has 126 valence electrons. The van der Waals surface area contributed by atoms with E-state index in [1.165, 1.54) is 24.3 Å². The molecule has 0 bridgehead atoms. The Hall–Kier alpha value is -1.79. The van der Waals surface area contributed by atoms with E-state index in [1.807, 2.05) is 0 Å². The van der Waals surface area contributed by atoms with Gasteiger partial charge in [-0.25, -0.2) is 0 Å². The lowest BCUT2D eigenvalue weighted by Gasteiger charge is -2.12. The van der Waals surface area contributed by atoms with E-state index in [0.29, 0.717) is 10.0 Å². The van der Waals surface area contributed by atoms with Crippen LogP contribution < -0.4 is 10.6 Å². The van der Waals surface area contributed by atoms with Crippen LogP contribution in [0.2, 0.25) is 15.1 Å². The average Bonchev–Trinajstić information content (AvgIpc) is 2.54. The largest absolute Gasteiger partial charge is 0.395 e. The lowest BCUT2D eigenvalue weighted by molar-refractivity contribution is 0.0945. The van der Waals surface area contributed by atoms with Gasteiger partial charge in [0.1, 0.15) is 0 Å². The number of carbonyl (C=O) groups is 2. The second-order valence-corrected chi connectivity index (χ2v) is 6.03. The lowest BCUT2D eigenvalue weighted by Crippen LogP contribution is -2.27. The number of amides is 2. The highest BCUT2D eigenvalue weighted by Crippen LogP contribution is 2.24. The van der Waals surface area contributed by atoms with Crippen LogP contribution in [0.3, 0.4) is 0 Å². The van der Waals surface area contributed by atoms with Crippen LogP contribution in [0.4, 0.5) is 5.69 Å². The Labute approximate surface area is 153 Å². The summed E-state index contributed by atoms with van der Waals surface area (Å²) in [5.74, 6) is -0.959. The molecule has 2 amide bonds. The highest BCUT2D eigenvalue weighted by atomic mass is 35.5. The fourth-order valence-corrected chi connectivity index (χ4v) is 2.61. The van der Waals surface area contributed by atoms with Gasteiger partial charge in [-0.15, -0.1) is 0 Å². The minimum atomic E-state index is -0.491. The number of anilines is 1. The molecule has 0 aliphatic carbocycles. The normalized spacial score (nSPS) is 10.3. The van der Waals surface area contributed by atoms with Gasteiger partial charge in [0.05, 0.1) is 28.4 Å². The third kappa shape index (κ3) is 4.61. The molecule has 8 heteroatoms. The zero-order valence-corrected chi connectivity index (χ0v) is 14.5. The SMILES string of the molecule is O=C(Nc1ccc(Cl)cc1C(=O)NCCO)c1ccc(Cl)cc1Cl. The molecule has 2 rings (SSSR count). The third-order valence-corrected chi connectivity index (χ3v) is 3.83. The summed E-state index contributed by atoms with van der Waals surface area (Å²) >= 11 is 17.7. The van der Waals surface area contributed by atoms with Crippen molar-refractivity contribution in [2.45, 2.75) is 0 Å². The molecule has 0 fully saturated rings. The summed E-state index contributed by atoms with van der Waals surface area (Å²) in [5.41, 5.74) is 0.665. The van der Waals surface area contributed by atoms with Crippen LogP contribution in [-0.4, -0.2) is 30.1 Å². The van der Waals surface area contributed by atoms with E-state index in [0.717, 1.165) is 0 Å². The van der Waals surface area contributed by atoms with Crippen molar-refractivity contribution in [3.05, 3.63) is 62.6 Å². The van der Waals surface area contributed by atoms with E-state index < -0.39 is 11.8 Å². The van der Waals surface area contributed by atoms with Crippen LogP contribution in [0.15, 0.2) is 36.4 Å². The Morgan fingerprint density at radius 1 is 0.917 bits per heavy atom. The van der Waals surface area contributed by atoms with Gasteiger partial charge in [-0.3, -0.25) is 9.59 Å². The highest BCUT2D eigenvalue weighted by Gasteiger charge is 2.16. The van der Waals surface area contributed by atoms with E-state index in [9.17, 15) is 9.59 Å². The molecular weight excluding hydrogens is 375 g/mol. The van der Waals surface area contributed by atoms with Crippen LogP contribution >= 0.6 is 34.8 Å². The number of rotatable bonds is 5. The Balaban J connectivity index is 2.28. The predicted octanol–water partition coefficient (Wildman–Crippen LogP) is 3.62. The number of nitrogens with one attached hydrogen (secondary N) is 2. The van der Waals surface area contributed by atoms with E-state index in [2.05, 4.69) is 10.6 Å². The van der Waals surface area contributed by atoms with Crippen LogP contribution in [0.5, 0.6) is 0 Å². The molecule has 0 atom stereocenters. The molecular formula is C16H13Cl3N2O3. The number of halogens is 3. The Kier molecular flexibility index (Phi) is 6.45. The average molecular weight is 388 g/mol. The molecule has 0 heterocycles. The predicted molar refractivity (Wildman–Crippen MR) is 95.3 cm³/mol. The summed E-state index contributed by atoms with van der Waals surface area (Å²) in [7, 11) is 0. The fraction of sp³-hybridized carbons (Fsp3) is 0.125. The molecule has 2 aromatic rings. The van der Waals surface area contributed by atoms with Gasteiger partial charge >= 0.3 is 0 Å². The Bertz CT molecular complexity index is 781. The van der Waals surface area contributed by atoms with Crippen LogP contribution in [0, 0.1) is 0 Å². The third-order valence-electron chi connectivity index (χ3n) is 3.05. The minimum absolute atomic E-state index is 0.0851. The van der Waals surface area contributed by atoms with Gasteiger partial charge in [0.2, 0.25) is 0 Å². The van der Waals surface area contributed by atoms with E-state index >= 15 is 0 Å². The molecule has 0 saturated heterocycles. The van der Waals surface area contributed by atoms with Crippen molar-refractivity contribution in [2.75, 3.05) is 18.5 Å². The van der Waals surface area contributed by atoms with Gasteiger partial charge in [-0.2, -0.15) is 0 Å².